The Bertz CT molecular complexity index is 1460. The van der Waals surface area contributed by atoms with Gasteiger partial charge in [0.25, 0.3) is 0 Å². The van der Waals surface area contributed by atoms with E-state index in [1.807, 2.05) is 31.1 Å². The van der Waals surface area contributed by atoms with Gasteiger partial charge in [0.1, 0.15) is 30.3 Å². The third kappa shape index (κ3) is 7.26. The van der Waals surface area contributed by atoms with Crippen molar-refractivity contribution < 1.29 is 13.9 Å². The fourth-order valence-corrected chi connectivity index (χ4v) is 4.08. The van der Waals surface area contributed by atoms with E-state index < -0.39 is 0 Å². The third-order valence-electron chi connectivity index (χ3n) is 5.42. The molecule has 6 nitrogen and oxygen atoms in total. The van der Waals surface area contributed by atoms with Gasteiger partial charge >= 0.3 is 0 Å². The highest BCUT2D eigenvalue weighted by Gasteiger charge is 2.12. The highest BCUT2D eigenvalue weighted by Crippen LogP contribution is 2.32. The van der Waals surface area contributed by atoms with E-state index in [1.54, 1.807) is 42.5 Å². The zero-order valence-electron chi connectivity index (χ0n) is 20.3. The minimum Gasteiger partial charge on any atom is -0.487 e. The smallest absolute Gasteiger partial charge is 0.159 e. The third-order valence-corrected chi connectivity index (χ3v) is 6.07. The zero-order valence-corrected chi connectivity index (χ0v) is 21.9. The number of ether oxygens (including phenoxy) is 1. The standard InChI is InChI=1S/C28H25Cl2FN4O2/c1-35(2)10-4-7-22(36)12-19-13-23-26(15-24(19)29)32-17-33-28(23)34-21-8-9-27(25(30)14-21)37-16-18-5-3-6-20(31)11-18/h3-9,11,13-15,17H,10,12,16H2,1-2H3,(H,32,33,34)/b7-4+. The van der Waals surface area contributed by atoms with Crippen LogP contribution in [0.15, 0.2) is 73.1 Å². The second-order valence-electron chi connectivity index (χ2n) is 8.68. The average molecular weight is 539 g/mol. The summed E-state index contributed by atoms with van der Waals surface area (Å²) in [5.41, 5.74) is 2.71. The molecule has 4 rings (SSSR count). The lowest BCUT2D eigenvalue weighted by molar-refractivity contribution is -0.114. The van der Waals surface area contributed by atoms with E-state index in [0.717, 1.165) is 5.39 Å². The number of halogens is 3. The van der Waals surface area contributed by atoms with Crippen LogP contribution in [0.1, 0.15) is 11.1 Å². The lowest BCUT2D eigenvalue weighted by atomic mass is 10.1. The van der Waals surface area contributed by atoms with Crippen LogP contribution in [0.4, 0.5) is 15.9 Å². The number of nitrogens with one attached hydrogen (secondary N) is 1. The number of rotatable bonds is 10. The number of likely N-dealkylation sites (N-methyl/N-ethyl adjacent to an activating group) is 1. The Kier molecular flexibility index (Phi) is 8.71. The van der Waals surface area contributed by atoms with Crippen LogP contribution < -0.4 is 10.1 Å². The molecule has 37 heavy (non-hydrogen) atoms. The molecule has 4 aromatic rings. The van der Waals surface area contributed by atoms with Gasteiger partial charge in [-0.1, -0.05) is 41.4 Å². The lowest BCUT2D eigenvalue weighted by Crippen LogP contribution is -2.11. The molecule has 0 aliphatic carbocycles. The van der Waals surface area contributed by atoms with Gasteiger partial charge < -0.3 is 15.0 Å². The first-order valence-corrected chi connectivity index (χ1v) is 12.2. The maximum atomic E-state index is 13.4. The summed E-state index contributed by atoms with van der Waals surface area (Å²) in [6.07, 6.45) is 4.99. The van der Waals surface area contributed by atoms with Crippen molar-refractivity contribution in [1.29, 1.82) is 0 Å². The van der Waals surface area contributed by atoms with Crippen molar-refractivity contribution in [1.82, 2.24) is 14.9 Å². The number of hydrogen-bond donors (Lipinski definition) is 1. The molecule has 9 heteroatoms. The molecule has 0 atom stereocenters. The van der Waals surface area contributed by atoms with Crippen molar-refractivity contribution in [2.45, 2.75) is 13.0 Å². The monoisotopic (exact) mass is 538 g/mol. The van der Waals surface area contributed by atoms with Crippen LogP contribution >= 0.6 is 23.2 Å². The van der Waals surface area contributed by atoms with Gasteiger partial charge in [-0.3, -0.25) is 4.79 Å². The van der Waals surface area contributed by atoms with Crippen LogP contribution in [0.2, 0.25) is 10.0 Å². The molecule has 1 N–H and O–H groups in total. The molecule has 0 bridgehead atoms. The van der Waals surface area contributed by atoms with Crippen molar-refractivity contribution in [3.05, 3.63) is 100 Å². The quantitative estimate of drug-likeness (QED) is 0.228. The zero-order chi connectivity index (χ0) is 26.4. The number of hydrogen-bond acceptors (Lipinski definition) is 6. The summed E-state index contributed by atoms with van der Waals surface area (Å²) >= 11 is 12.9. The fraction of sp³-hybridized carbons (Fsp3) is 0.179. The topological polar surface area (TPSA) is 67.4 Å². The second kappa shape index (κ2) is 12.1. The maximum absolute atomic E-state index is 13.4. The van der Waals surface area contributed by atoms with Gasteiger partial charge in [0.15, 0.2) is 5.78 Å². The number of fused-ring (bicyclic) bond motifs is 1. The summed E-state index contributed by atoms with van der Waals surface area (Å²) in [5.74, 6) is 0.649. The maximum Gasteiger partial charge on any atom is 0.159 e. The van der Waals surface area contributed by atoms with Gasteiger partial charge in [0.05, 0.1) is 10.5 Å². The van der Waals surface area contributed by atoms with E-state index in [2.05, 4.69) is 15.3 Å². The molecule has 0 amide bonds. The van der Waals surface area contributed by atoms with Gasteiger partial charge in [-0.15, -0.1) is 0 Å². The number of carbonyl (C=O) groups is 1. The fourth-order valence-electron chi connectivity index (χ4n) is 3.62. The van der Waals surface area contributed by atoms with E-state index in [4.69, 9.17) is 27.9 Å². The van der Waals surface area contributed by atoms with Gasteiger partial charge in [-0.2, -0.15) is 0 Å². The van der Waals surface area contributed by atoms with Crippen LogP contribution in [0.3, 0.4) is 0 Å². The Hall–Kier alpha value is -3.52. The molecule has 1 heterocycles. The first kappa shape index (κ1) is 26.5. The Morgan fingerprint density at radius 3 is 2.68 bits per heavy atom. The summed E-state index contributed by atoms with van der Waals surface area (Å²) in [4.78, 5) is 23.1. The largest absolute Gasteiger partial charge is 0.487 e. The van der Waals surface area contributed by atoms with Crippen LogP contribution in [-0.2, 0) is 17.8 Å². The van der Waals surface area contributed by atoms with Crippen molar-refractivity contribution in [3.63, 3.8) is 0 Å². The Morgan fingerprint density at radius 2 is 1.92 bits per heavy atom. The van der Waals surface area contributed by atoms with Crippen LogP contribution in [0.5, 0.6) is 5.75 Å². The molecule has 0 radical (unpaired) electrons. The number of benzene rings is 3. The van der Waals surface area contributed by atoms with Crippen molar-refractivity contribution in [2.24, 2.45) is 0 Å². The van der Waals surface area contributed by atoms with Crippen LogP contribution in [0, 0.1) is 5.82 Å². The SMILES string of the molecule is CN(C)C/C=C/C(=O)Cc1cc2c(Nc3ccc(OCc4cccc(F)c4)c(Cl)c3)ncnc2cc1Cl. The van der Waals surface area contributed by atoms with Crippen LogP contribution in [0.25, 0.3) is 10.9 Å². The molecule has 3 aromatic carbocycles. The van der Waals surface area contributed by atoms with Gasteiger partial charge in [-0.25, -0.2) is 14.4 Å². The molecule has 1 aromatic heterocycles. The van der Waals surface area contributed by atoms with E-state index >= 15 is 0 Å². The lowest BCUT2D eigenvalue weighted by Gasteiger charge is -2.13. The number of anilines is 2. The summed E-state index contributed by atoms with van der Waals surface area (Å²) in [6, 6.07) is 15.0. The first-order chi connectivity index (χ1) is 17.8. The van der Waals surface area contributed by atoms with Gasteiger partial charge in [0.2, 0.25) is 0 Å². The first-order valence-electron chi connectivity index (χ1n) is 11.5. The number of carbonyl (C=O) groups excluding carboxylic acids is 1. The summed E-state index contributed by atoms with van der Waals surface area (Å²) in [7, 11) is 3.87. The number of aromatic nitrogens is 2. The average Bonchev–Trinajstić information content (AvgIpc) is 2.84. The number of ketones is 1. The van der Waals surface area contributed by atoms with E-state index in [0.29, 0.717) is 50.5 Å². The molecule has 190 valence electrons. The molecule has 0 unspecified atom stereocenters. The van der Waals surface area contributed by atoms with E-state index in [9.17, 15) is 9.18 Å². The Morgan fingerprint density at radius 1 is 1.08 bits per heavy atom. The molecule has 0 saturated heterocycles. The van der Waals surface area contributed by atoms with Gasteiger partial charge in [0, 0.05) is 29.1 Å². The molecular formula is C28H25Cl2FN4O2. The Balaban J connectivity index is 1.51. The molecule has 0 spiro atoms. The minimum absolute atomic E-state index is 0.0462. The van der Waals surface area contributed by atoms with Crippen molar-refractivity contribution in [3.8, 4) is 5.75 Å². The predicted molar refractivity (Wildman–Crippen MR) is 146 cm³/mol. The van der Waals surface area contributed by atoms with Crippen molar-refractivity contribution >= 4 is 51.4 Å². The van der Waals surface area contributed by atoms with Crippen molar-refractivity contribution in [2.75, 3.05) is 26.0 Å². The predicted octanol–water partition coefficient (Wildman–Crippen LogP) is 6.63. The highest BCUT2D eigenvalue weighted by atomic mass is 35.5. The van der Waals surface area contributed by atoms with E-state index in [-0.39, 0.29) is 24.6 Å². The number of allylic oxidation sites excluding steroid dienone is 1. The van der Waals surface area contributed by atoms with Crippen LogP contribution in [-0.4, -0.2) is 41.3 Å². The minimum atomic E-state index is -0.321. The second-order valence-corrected chi connectivity index (χ2v) is 9.49. The molecule has 0 aliphatic heterocycles. The van der Waals surface area contributed by atoms with E-state index in [1.165, 1.54) is 18.5 Å². The molecule has 0 saturated carbocycles. The summed E-state index contributed by atoms with van der Waals surface area (Å²) < 4.78 is 19.2. The number of nitrogens with zero attached hydrogens (tertiary/aromatic N) is 3. The molecule has 0 aliphatic rings. The highest BCUT2D eigenvalue weighted by molar-refractivity contribution is 6.32. The molecule has 0 fully saturated rings. The molecular weight excluding hydrogens is 514 g/mol. The summed E-state index contributed by atoms with van der Waals surface area (Å²) in [6.45, 7) is 0.865. The summed E-state index contributed by atoms with van der Waals surface area (Å²) in [5, 5.41) is 4.83. The Labute approximate surface area is 224 Å². The normalized spacial score (nSPS) is 11.4. The van der Waals surface area contributed by atoms with Gasteiger partial charge in [-0.05, 0) is 73.8 Å².